The minimum Gasteiger partial charge on any atom is -0.493 e. The highest BCUT2D eigenvalue weighted by molar-refractivity contribution is 7.22. The second kappa shape index (κ2) is 8.98. The topological polar surface area (TPSA) is 112 Å². The van der Waals surface area contributed by atoms with Crippen molar-refractivity contribution < 1.29 is 28.2 Å². The molecule has 0 bridgehead atoms. The highest BCUT2D eigenvalue weighted by atomic mass is 32.1. The van der Waals surface area contributed by atoms with E-state index in [1.165, 1.54) is 38.9 Å². The number of carbonyl (C=O) groups excluding carboxylic acids is 2. The number of methoxy groups -OCH3 is 3. The van der Waals surface area contributed by atoms with Crippen molar-refractivity contribution in [3.8, 4) is 17.2 Å². The number of nitrogens with zero attached hydrogens (tertiary/aromatic N) is 1. The molecule has 32 heavy (non-hydrogen) atoms. The maximum Gasteiger partial charge on any atom is 0.293 e. The van der Waals surface area contributed by atoms with Gasteiger partial charge in [-0.1, -0.05) is 11.3 Å². The number of thiazole rings is 1. The fourth-order valence-electron chi connectivity index (χ4n) is 3.04. The van der Waals surface area contributed by atoms with E-state index < -0.39 is 0 Å². The van der Waals surface area contributed by atoms with Crippen molar-refractivity contribution in [2.45, 2.75) is 0 Å². The molecule has 0 atom stereocenters. The van der Waals surface area contributed by atoms with Crippen LogP contribution in [0, 0.1) is 0 Å². The number of furan rings is 1. The van der Waals surface area contributed by atoms with Crippen LogP contribution >= 0.6 is 11.3 Å². The first-order valence-corrected chi connectivity index (χ1v) is 10.2. The third-order valence-corrected chi connectivity index (χ3v) is 5.47. The lowest BCUT2D eigenvalue weighted by Crippen LogP contribution is -2.12. The first-order chi connectivity index (χ1) is 15.5. The van der Waals surface area contributed by atoms with E-state index in [4.69, 9.17) is 18.6 Å². The molecule has 4 rings (SSSR count). The molecule has 0 aliphatic rings. The van der Waals surface area contributed by atoms with Crippen molar-refractivity contribution in [3.05, 3.63) is 60.1 Å². The monoisotopic (exact) mass is 453 g/mol. The van der Waals surface area contributed by atoms with E-state index in [1.54, 1.807) is 42.5 Å². The average molecular weight is 453 g/mol. The fraction of sp³-hybridized carbons (Fsp3) is 0.136. The minimum atomic E-state index is -0.384. The van der Waals surface area contributed by atoms with Gasteiger partial charge in [0.2, 0.25) is 5.75 Å². The molecule has 2 heterocycles. The summed E-state index contributed by atoms with van der Waals surface area (Å²) in [6.45, 7) is 0. The van der Waals surface area contributed by atoms with Gasteiger partial charge in [0.05, 0.1) is 37.8 Å². The molecule has 0 saturated heterocycles. The van der Waals surface area contributed by atoms with Crippen LogP contribution in [0.15, 0.2) is 53.1 Å². The lowest BCUT2D eigenvalue weighted by Gasteiger charge is -2.14. The van der Waals surface area contributed by atoms with E-state index >= 15 is 0 Å². The zero-order valence-electron chi connectivity index (χ0n) is 17.4. The fourth-order valence-corrected chi connectivity index (χ4v) is 3.94. The summed E-state index contributed by atoms with van der Waals surface area (Å²) < 4.78 is 21.8. The van der Waals surface area contributed by atoms with Gasteiger partial charge in [-0.15, -0.1) is 0 Å². The summed E-state index contributed by atoms with van der Waals surface area (Å²) in [5.41, 5.74) is 1.61. The Bertz CT molecular complexity index is 1260. The van der Waals surface area contributed by atoms with Crippen molar-refractivity contribution in [3.63, 3.8) is 0 Å². The van der Waals surface area contributed by atoms with Gasteiger partial charge in [-0.25, -0.2) is 4.98 Å². The van der Waals surface area contributed by atoms with Crippen LogP contribution in [0.5, 0.6) is 17.2 Å². The maximum absolute atomic E-state index is 12.8. The number of aromatic nitrogens is 1. The zero-order chi connectivity index (χ0) is 22.7. The third-order valence-electron chi connectivity index (χ3n) is 4.54. The van der Waals surface area contributed by atoms with Crippen LogP contribution in [0.1, 0.15) is 20.9 Å². The van der Waals surface area contributed by atoms with Gasteiger partial charge in [-0.05, 0) is 42.5 Å². The van der Waals surface area contributed by atoms with Gasteiger partial charge >= 0.3 is 0 Å². The molecule has 0 unspecified atom stereocenters. The first kappa shape index (κ1) is 21.2. The summed E-state index contributed by atoms with van der Waals surface area (Å²) in [6, 6.07) is 11.6. The Morgan fingerprint density at radius 3 is 2.31 bits per heavy atom. The second-order valence-electron chi connectivity index (χ2n) is 6.50. The van der Waals surface area contributed by atoms with Crippen LogP contribution < -0.4 is 24.8 Å². The summed E-state index contributed by atoms with van der Waals surface area (Å²) in [4.78, 5) is 29.4. The van der Waals surface area contributed by atoms with E-state index in [-0.39, 0.29) is 17.6 Å². The van der Waals surface area contributed by atoms with E-state index in [2.05, 4.69) is 15.6 Å². The first-order valence-electron chi connectivity index (χ1n) is 9.39. The standard InChI is InChI=1S/C22H19N3O6S/c1-28-16-9-12(10-17(29-2)19(16)30-3)20(26)23-13-6-7-14-18(11-13)32-22(24-14)25-21(27)15-5-4-8-31-15/h4-11H,1-3H3,(H,23,26)(H,24,25,27). The van der Waals surface area contributed by atoms with Gasteiger partial charge in [0.15, 0.2) is 22.4 Å². The molecule has 10 heteroatoms. The maximum atomic E-state index is 12.8. The van der Waals surface area contributed by atoms with Crippen LogP contribution in [-0.2, 0) is 0 Å². The molecule has 0 aliphatic heterocycles. The zero-order valence-corrected chi connectivity index (χ0v) is 18.2. The minimum absolute atomic E-state index is 0.197. The van der Waals surface area contributed by atoms with Crippen molar-refractivity contribution in [2.24, 2.45) is 0 Å². The molecule has 9 nitrogen and oxygen atoms in total. The Morgan fingerprint density at radius 1 is 0.938 bits per heavy atom. The number of anilines is 2. The van der Waals surface area contributed by atoms with Crippen LogP contribution in [-0.4, -0.2) is 38.1 Å². The Balaban J connectivity index is 1.54. The smallest absolute Gasteiger partial charge is 0.293 e. The second-order valence-corrected chi connectivity index (χ2v) is 7.53. The molecule has 2 N–H and O–H groups in total. The van der Waals surface area contributed by atoms with E-state index in [0.29, 0.717) is 39.1 Å². The van der Waals surface area contributed by atoms with Crippen molar-refractivity contribution >= 4 is 44.2 Å². The number of hydrogen-bond donors (Lipinski definition) is 2. The van der Waals surface area contributed by atoms with Crippen LogP contribution in [0.3, 0.4) is 0 Å². The molecular formula is C22H19N3O6S. The summed E-state index contributed by atoms with van der Waals surface area (Å²) in [6.07, 6.45) is 1.43. The lowest BCUT2D eigenvalue weighted by atomic mass is 10.1. The van der Waals surface area contributed by atoms with Crippen LogP contribution in [0.4, 0.5) is 10.8 Å². The molecular weight excluding hydrogens is 434 g/mol. The van der Waals surface area contributed by atoms with Gasteiger partial charge in [0.1, 0.15) is 0 Å². The van der Waals surface area contributed by atoms with Crippen molar-refractivity contribution in [1.29, 1.82) is 0 Å². The number of hydrogen-bond acceptors (Lipinski definition) is 8. The Hall–Kier alpha value is -4.05. The highest BCUT2D eigenvalue weighted by Gasteiger charge is 2.18. The molecule has 2 aromatic carbocycles. The molecule has 0 aliphatic carbocycles. The number of nitrogens with one attached hydrogen (secondary N) is 2. The number of ether oxygens (including phenoxy) is 3. The molecule has 0 spiro atoms. The van der Waals surface area contributed by atoms with E-state index in [1.807, 2.05) is 0 Å². The summed E-state index contributed by atoms with van der Waals surface area (Å²) in [7, 11) is 4.47. The average Bonchev–Trinajstić information content (AvgIpc) is 3.47. The van der Waals surface area contributed by atoms with Crippen LogP contribution in [0.25, 0.3) is 10.2 Å². The third kappa shape index (κ3) is 4.21. The molecule has 0 fully saturated rings. The Labute approximate surface area is 186 Å². The molecule has 2 aromatic heterocycles. The quantitative estimate of drug-likeness (QED) is 0.426. The molecule has 2 amide bonds. The molecule has 0 radical (unpaired) electrons. The summed E-state index contributed by atoms with van der Waals surface area (Å²) in [5.74, 6) is 0.632. The van der Waals surface area contributed by atoms with Gasteiger partial charge in [-0.2, -0.15) is 0 Å². The Morgan fingerprint density at radius 2 is 1.69 bits per heavy atom. The number of benzene rings is 2. The predicted molar refractivity (Wildman–Crippen MR) is 120 cm³/mol. The molecule has 0 saturated carbocycles. The summed E-state index contributed by atoms with van der Waals surface area (Å²) in [5, 5.41) is 5.98. The van der Waals surface area contributed by atoms with Crippen molar-refractivity contribution in [1.82, 2.24) is 4.98 Å². The van der Waals surface area contributed by atoms with Crippen LogP contribution in [0.2, 0.25) is 0 Å². The van der Waals surface area contributed by atoms with Crippen molar-refractivity contribution in [2.75, 3.05) is 32.0 Å². The summed E-state index contributed by atoms with van der Waals surface area (Å²) >= 11 is 1.28. The Kier molecular flexibility index (Phi) is 5.95. The van der Waals surface area contributed by atoms with Gasteiger partial charge in [0.25, 0.3) is 11.8 Å². The SMILES string of the molecule is COc1cc(C(=O)Nc2ccc3nc(NC(=O)c4ccco4)sc3c2)cc(OC)c1OC. The normalized spacial score (nSPS) is 10.6. The number of amides is 2. The number of rotatable bonds is 7. The van der Waals surface area contributed by atoms with Gasteiger partial charge in [0, 0.05) is 11.3 Å². The number of carbonyl (C=O) groups is 2. The van der Waals surface area contributed by atoms with E-state index in [0.717, 1.165) is 4.70 Å². The largest absolute Gasteiger partial charge is 0.493 e. The van der Waals surface area contributed by atoms with Gasteiger partial charge < -0.3 is 23.9 Å². The van der Waals surface area contributed by atoms with Gasteiger partial charge in [-0.3, -0.25) is 14.9 Å². The molecule has 4 aromatic rings. The predicted octanol–water partition coefficient (Wildman–Crippen LogP) is 4.42. The lowest BCUT2D eigenvalue weighted by molar-refractivity contribution is 0.0994. The highest BCUT2D eigenvalue weighted by Crippen LogP contribution is 2.38. The number of fused-ring (bicyclic) bond motifs is 1. The molecule has 164 valence electrons. The van der Waals surface area contributed by atoms with E-state index in [9.17, 15) is 9.59 Å².